The maximum absolute atomic E-state index is 15.4. The third-order valence-electron chi connectivity index (χ3n) is 6.96. The summed E-state index contributed by atoms with van der Waals surface area (Å²) in [6.07, 6.45) is 3.38. The number of hydrogen-bond donors (Lipinski definition) is 0. The molecule has 4 aromatic rings. The molecule has 4 heterocycles. The first-order valence-corrected chi connectivity index (χ1v) is 11.7. The van der Waals surface area contributed by atoms with E-state index in [1.807, 2.05) is 15.7 Å². The van der Waals surface area contributed by atoms with Crippen LogP contribution in [0.2, 0.25) is 0 Å². The Morgan fingerprint density at radius 2 is 1.92 bits per heavy atom. The molecule has 0 unspecified atom stereocenters. The van der Waals surface area contributed by atoms with Crippen LogP contribution in [0.25, 0.3) is 22.0 Å². The Balaban J connectivity index is 1.36. The van der Waals surface area contributed by atoms with E-state index in [0.717, 1.165) is 5.39 Å². The topological polar surface area (TPSA) is 69.5 Å². The highest BCUT2D eigenvalue weighted by atomic mass is 19.1. The first kappa shape index (κ1) is 22.7. The zero-order valence-electron chi connectivity index (χ0n) is 20.1. The molecular formula is C25H22B2F2N4O3. The molecule has 2 aromatic carbocycles. The number of hydrogen-bond acceptors (Lipinski definition) is 5. The summed E-state index contributed by atoms with van der Waals surface area (Å²) in [5.41, 5.74) is 2.51. The summed E-state index contributed by atoms with van der Waals surface area (Å²) in [5, 5.41) is 4.42. The van der Waals surface area contributed by atoms with E-state index in [1.54, 1.807) is 48.4 Å². The number of carbonyl (C=O) groups excluding carboxylic acids is 1. The van der Waals surface area contributed by atoms with E-state index in [0.29, 0.717) is 46.9 Å². The Hall–Kier alpha value is -3.72. The molecule has 0 aliphatic carbocycles. The number of halogens is 2. The number of carbonyl (C=O) groups is 1. The predicted octanol–water partition coefficient (Wildman–Crippen LogP) is 1.72. The monoisotopic (exact) mass is 486 g/mol. The van der Waals surface area contributed by atoms with Gasteiger partial charge in [-0.05, 0) is 47.5 Å². The van der Waals surface area contributed by atoms with E-state index in [2.05, 4.69) is 10.1 Å². The highest BCUT2D eigenvalue weighted by molar-refractivity contribution is 6.42. The van der Waals surface area contributed by atoms with Gasteiger partial charge >= 0.3 is 0 Å². The number of pyridine rings is 1. The Bertz CT molecular complexity index is 1510. The average Bonchev–Trinajstić information content (AvgIpc) is 3.29. The van der Waals surface area contributed by atoms with Crippen molar-refractivity contribution in [2.45, 2.75) is 18.0 Å². The number of ether oxygens (including phenoxy) is 2. The van der Waals surface area contributed by atoms with Gasteiger partial charge in [0.1, 0.15) is 44.7 Å². The van der Waals surface area contributed by atoms with E-state index in [-0.39, 0.29) is 24.1 Å². The molecule has 0 radical (unpaired) electrons. The van der Waals surface area contributed by atoms with Gasteiger partial charge in [0.2, 0.25) is 0 Å². The largest absolute Gasteiger partial charge is 0.483 e. The maximum atomic E-state index is 15.4. The lowest BCUT2D eigenvalue weighted by Crippen LogP contribution is -2.45. The van der Waals surface area contributed by atoms with Crippen LogP contribution in [0.3, 0.4) is 0 Å². The van der Waals surface area contributed by atoms with Crippen LogP contribution in [-0.2, 0) is 23.7 Å². The number of amides is 1. The zero-order valence-corrected chi connectivity index (χ0v) is 20.1. The van der Waals surface area contributed by atoms with Crippen molar-refractivity contribution in [3.63, 3.8) is 0 Å². The summed E-state index contributed by atoms with van der Waals surface area (Å²) < 4.78 is 43.6. The van der Waals surface area contributed by atoms with Crippen LogP contribution in [0, 0.1) is 11.6 Å². The van der Waals surface area contributed by atoms with Crippen LogP contribution in [0.5, 0.6) is 5.75 Å². The van der Waals surface area contributed by atoms with Gasteiger partial charge in [-0.2, -0.15) is 5.10 Å². The van der Waals surface area contributed by atoms with Crippen molar-refractivity contribution < 1.29 is 23.0 Å². The lowest BCUT2D eigenvalue weighted by molar-refractivity contribution is -0.0791. The van der Waals surface area contributed by atoms with Crippen molar-refractivity contribution in [2.75, 3.05) is 13.2 Å². The molecule has 180 valence electrons. The summed E-state index contributed by atoms with van der Waals surface area (Å²) in [5.74, 6) is -1.14. The summed E-state index contributed by atoms with van der Waals surface area (Å²) in [4.78, 5) is 18.8. The fraction of sp³-hybridized carbons (Fsp3) is 0.240. The number of rotatable bonds is 5. The Labute approximate surface area is 207 Å². The minimum absolute atomic E-state index is 0.0332. The first-order valence-electron chi connectivity index (χ1n) is 11.7. The predicted molar refractivity (Wildman–Crippen MR) is 134 cm³/mol. The van der Waals surface area contributed by atoms with Gasteiger partial charge in [0, 0.05) is 35.7 Å². The minimum atomic E-state index is -0.797. The van der Waals surface area contributed by atoms with Crippen molar-refractivity contribution in [1.82, 2.24) is 19.7 Å². The zero-order chi connectivity index (χ0) is 25.2. The van der Waals surface area contributed by atoms with E-state index in [9.17, 15) is 4.79 Å². The molecule has 0 spiro atoms. The molecule has 11 heteroatoms. The van der Waals surface area contributed by atoms with E-state index in [1.165, 1.54) is 17.0 Å². The average molecular weight is 486 g/mol. The van der Waals surface area contributed by atoms with Crippen LogP contribution in [0.1, 0.15) is 21.6 Å². The number of aryl methyl sites for hydroxylation is 1. The third-order valence-corrected chi connectivity index (χ3v) is 6.96. The highest BCUT2D eigenvalue weighted by Gasteiger charge is 2.44. The summed E-state index contributed by atoms with van der Waals surface area (Å²) in [6, 6.07) is 9.53. The molecule has 2 aliphatic rings. The standard InChI is InChI=1S/C25H22B2F2N4O3/c1-32-9-17-15(4-5-21(22(17)31-32)36-14-11-35-12-14)13-7-19(28)18(20(29)8-13)10-33-24(34)16-3-2-6-30-23(16)25(33,26)27/h2-9,14H,10-12,26-27H2,1H3. The van der Waals surface area contributed by atoms with Crippen LogP contribution in [0.15, 0.2) is 48.8 Å². The molecule has 2 aromatic heterocycles. The van der Waals surface area contributed by atoms with Gasteiger partial charge in [0.15, 0.2) is 0 Å². The van der Waals surface area contributed by atoms with Gasteiger partial charge in [-0.3, -0.25) is 14.5 Å². The molecular weight excluding hydrogens is 464 g/mol. The lowest BCUT2D eigenvalue weighted by Gasteiger charge is -2.32. The Morgan fingerprint density at radius 1 is 1.17 bits per heavy atom. The Morgan fingerprint density at radius 3 is 2.58 bits per heavy atom. The second-order valence-corrected chi connectivity index (χ2v) is 9.72. The second kappa shape index (κ2) is 8.16. The van der Waals surface area contributed by atoms with Crippen molar-refractivity contribution >= 4 is 32.5 Å². The van der Waals surface area contributed by atoms with Gasteiger partial charge in [-0.25, -0.2) is 8.78 Å². The smallest absolute Gasteiger partial charge is 0.255 e. The van der Waals surface area contributed by atoms with Gasteiger partial charge in [-0.15, -0.1) is 0 Å². The maximum Gasteiger partial charge on any atom is 0.255 e. The normalized spacial score (nSPS) is 16.9. The molecule has 0 atom stereocenters. The van der Waals surface area contributed by atoms with E-state index >= 15 is 8.78 Å². The fourth-order valence-electron chi connectivity index (χ4n) is 4.93. The van der Waals surface area contributed by atoms with Crippen LogP contribution in [0.4, 0.5) is 8.78 Å². The fourth-order valence-corrected chi connectivity index (χ4v) is 4.93. The molecule has 0 N–H and O–H groups in total. The van der Waals surface area contributed by atoms with Crippen molar-refractivity contribution in [2.24, 2.45) is 7.05 Å². The SMILES string of the molecule is BC1(B)c2ncccc2C(=O)N1Cc1c(F)cc(-c2ccc(OC3COC3)c3nn(C)cc23)cc1F. The molecule has 7 nitrogen and oxygen atoms in total. The van der Waals surface area contributed by atoms with Crippen LogP contribution < -0.4 is 4.74 Å². The molecule has 1 amide bonds. The Kier molecular flexibility index (Phi) is 5.15. The molecule has 6 rings (SSSR count). The molecule has 0 bridgehead atoms. The van der Waals surface area contributed by atoms with E-state index < -0.39 is 17.0 Å². The number of benzene rings is 2. The molecule has 36 heavy (non-hydrogen) atoms. The van der Waals surface area contributed by atoms with Crippen LogP contribution >= 0.6 is 0 Å². The summed E-state index contributed by atoms with van der Waals surface area (Å²) >= 11 is 0. The molecule has 1 saturated heterocycles. The third kappa shape index (κ3) is 3.49. The first-order chi connectivity index (χ1) is 17.2. The quantitative estimate of drug-likeness (QED) is 0.403. The van der Waals surface area contributed by atoms with Gasteiger partial charge in [-0.1, -0.05) is 0 Å². The van der Waals surface area contributed by atoms with Crippen molar-refractivity contribution in [3.8, 4) is 16.9 Å². The molecule has 1 fully saturated rings. The van der Waals surface area contributed by atoms with Gasteiger partial charge < -0.3 is 14.4 Å². The number of fused-ring (bicyclic) bond motifs is 2. The van der Waals surface area contributed by atoms with Crippen LogP contribution in [-0.4, -0.2) is 60.6 Å². The number of aromatic nitrogens is 3. The van der Waals surface area contributed by atoms with Crippen molar-refractivity contribution in [3.05, 3.63) is 77.2 Å². The lowest BCUT2D eigenvalue weighted by atomic mass is 9.59. The van der Waals surface area contributed by atoms with Gasteiger partial charge in [0.05, 0.1) is 31.0 Å². The minimum Gasteiger partial charge on any atom is -0.483 e. The van der Waals surface area contributed by atoms with E-state index in [4.69, 9.17) is 9.47 Å². The highest BCUT2D eigenvalue weighted by Crippen LogP contribution is 2.38. The second-order valence-electron chi connectivity index (χ2n) is 9.72. The van der Waals surface area contributed by atoms with Crippen molar-refractivity contribution in [1.29, 1.82) is 0 Å². The summed E-state index contributed by atoms with van der Waals surface area (Å²) in [6.45, 7) is 0.829. The molecule has 2 aliphatic heterocycles. The summed E-state index contributed by atoms with van der Waals surface area (Å²) in [7, 11) is 5.44. The van der Waals surface area contributed by atoms with Gasteiger partial charge in [0.25, 0.3) is 5.91 Å². The number of nitrogens with zero attached hydrogens (tertiary/aromatic N) is 4. The molecule has 0 saturated carbocycles.